The van der Waals surface area contributed by atoms with Gasteiger partial charge in [0.2, 0.25) is 0 Å². The van der Waals surface area contributed by atoms with Gasteiger partial charge in [-0.1, -0.05) is 42.5 Å². The van der Waals surface area contributed by atoms with E-state index in [0.717, 1.165) is 5.56 Å². The Hall–Kier alpha value is -5.71. The van der Waals surface area contributed by atoms with Crippen LogP contribution in [0.2, 0.25) is 0 Å². The molecule has 0 aliphatic rings. The number of benzene rings is 3. The second kappa shape index (κ2) is 15.5. The summed E-state index contributed by atoms with van der Waals surface area (Å²) in [5, 5.41) is 20.3. The summed E-state index contributed by atoms with van der Waals surface area (Å²) in [5.41, 5.74) is 8.02. The van der Waals surface area contributed by atoms with Gasteiger partial charge in [0.1, 0.15) is 29.9 Å². The summed E-state index contributed by atoms with van der Waals surface area (Å²) in [7, 11) is 0. The molecule has 0 aliphatic carbocycles. The van der Waals surface area contributed by atoms with Crippen molar-refractivity contribution in [2.24, 2.45) is 5.73 Å². The Morgan fingerprint density at radius 3 is 2.11 bits per heavy atom. The van der Waals surface area contributed by atoms with E-state index in [1.807, 2.05) is 6.07 Å². The van der Waals surface area contributed by atoms with Gasteiger partial charge in [-0.05, 0) is 79.9 Å². The number of nitrogens with one attached hydrogen (secondary N) is 2. The molecular formula is C33H33N3O8. The molecule has 11 nitrogen and oxygen atoms in total. The molecule has 0 bridgehead atoms. The van der Waals surface area contributed by atoms with Crippen LogP contribution >= 0.6 is 0 Å². The molecule has 11 heteroatoms. The molecule has 0 fully saturated rings. The third kappa shape index (κ3) is 9.15. The number of esters is 3. The lowest BCUT2D eigenvalue weighted by Crippen LogP contribution is -2.44. The van der Waals surface area contributed by atoms with Gasteiger partial charge in [-0.2, -0.15) is 0 Å². The van der Waals surface area contributed by atoms with E-state index in [1.165, 1.54) is 56.3 Å². The van der Waals surface area contributed by atoms with Gasteiger partial charge in [0.25, 0.3) is 0 Å². The average Bonchev–Trinajstić information content (AvgIpc) is 3.02. The lowest BCUT2D eigenvalue weighted by molar-refractivity contribution is -0.144. The number of carbonyl (C=O) groups is 4. The maximum absolute atomic E-state index is 12.8. The number of ether oxygens (including phenoxy) is 3. The highest BCUT2D eigenvalue weighted by atomic mass is 16.5. The summed E-state index contributed by atoms with van der Waals surface area (Å²) in [6.45, 7) is 4.63. The Labute approximate surface area is 254 Å². The number of rotatable bonds is 12. The molecule has 0 amide bonds. The first-order valence-corrected chi connectivity index (χ1v) is 13.5. The van der Waals surface area contributed by atoms with Gasteiger partial charge >= 0.3 is 23.9 Å². The number of aliphatic carboxylic acids is 1. The van der Waals surface area contributed by atoms with Crippen LogP contribution in [0.1, 0.15) is 47.8 Å². The van der Waals surface area contributed by atoms with Crippen molar-refractivity contribution in [2.75, 3.05) is 6.61 Å². The van der Waals surface area contributed by atoms with E-state index in [9.17, 15) is 19.2 Å². The number of carboxylic acids is 1. The summed E-state index contributed by atoms with van der Waals surface area (Å²) in [5.74, 6) is -3.19. The zero-order chi connectivity index (χ0) is 32.2. The maximum atomic E-state index is 12.8. The highest BCUT2D eigenvalue weighted by Crippen LogP contribution is 2.17. The van der Waals surface area contributed by atoms with Crippen molar-refractivity contribution in [3.8, 4) is 5.75 Å². The molecule has 1 atom stereocenters. The van der Waals surface area contributed by atoms with Crippen molar-refractivity contribution in [1.29, 1.82) is 5.41 Å². The smallest absolute Gasteiger partial charge is 0.354 e. The largest absolute Gasteiger partial charge is 0.478 e. The molecule has 0 spiro atoms. The van der Waals surface area contributed by atoms with Crippen LogP contribution in [-0.2, 0) is 30.5 Å². The zero-order valence-electron chi connectivity index (χ0n) is 24.5. The quantitative estimate of drug-likeness (QED) is 0.0775. The Bertz CT molecular complexity index is 1580. The average molecular weight is 600 g/mol. The number of nitrogens with two attached hydrogens (primary N) is 1. The number of amidine groups is 1. The molecule has 1 unspecified atom stereocenters. The van der Waals surface area contributed by atoms with E-state index in [-0.39, 0.29) is 47.2 Å². The first-order chi connectivity index (χ1) is 21.0. The Morgan fingerprint density at radius 2 is 1.52 bits per heavy atom. The molecule has 3 aromatic rings. The molecule has 3 rings (SSSR count). The van der Waals surface area contributed by atoms with E-state index in [2.05, 4.69) is 5.32 Å². The molecule has 0 aliphatic heterocycles. The Kier molecular flexibility index (Phi) is 11.6. The van der Waals surface area contributed by atoms with E-state index in [4.69, 9.17) is 30.5 Å². The zero-order valence-corrected chi connectivity index (χ0v) is 24.5. The fourth-order valence-electron chi connectivity index (χ4n) is 3.80. The minimum absolute atomic E-state index is 0.00690. The highest BCUT2D eigenvalue weighted by Gasteiger charge is 2.27. The standard InChI is InChI=1S/C33H33N3O8/c1-4-42-33(41)28(21(3)27(34)32(40)43-19-23-8-6-5-7-9-23)36-29(35)24-14-16-26(17-15-24)44-31(39)25-12-10-22(11-13-25)18-20(2)30(37)38/h5-18,28H,4,19,34H2,1-3H3,(H2,35,36)(H,37,38). The molecule has 0 saturated carbocycles. The lowest BCUT2D eigenvalue weighted by atomic mass is 10.1. The van der Waals surface area contributed by atoms with Gasteiger partial charge in [0.15, 0.2) is 0 Å². The van der Waals surface area contributed by atoms with Gasteiger partial charge in [-0.15, -0.1) is 0 Å². The molecule has 228 valence electrons. The molecule has 5 N–H and O–H groups in total. The summed E-state index contributed by atoms with van der Waals surface area (Å²) in [6, 6.07) is 20.0. The maximum Gasteiger partial charge on any atom is 0.354 e. The molecule has 0 aromatic heterocycles. The third-order valence-corrected chi connectivity index (χ3v) is 6.32. The molecule has 44 heavy (non-hydrogen) atoms. The second-order valence-electron chi connectivity index (χ2n) is 9.53. The van der Waals surface area contributed by atoms with Crippen molar-refractivity contribution in [3.05, 3.63) is 118 Å². The molecule has 0 radical (unpaired) electrons. The minimum Gasteiger partial charge on any atom is -0.478 e. The van der Waals surface area contributed by atoms with Crippen LogP contribution in [0.25, 0.3) is 6.08 Å². The van der Waals surface area contributed by atoms with Crippen LogP contribution in [0.4, 0.5) is 0 Å². The summed E-state index contributed by atoms with van der Waals surface area (Å²) in [4.78, 5) is 48.9. The van der Waals surface area contributed by atoms with Gasteiger partial charge < -0.3 is 30.4 Å². The molecule has 0 saturated heterocycles. The predicted molar refractivity (Wildman–Crippen MR) is 163 cm³/mol. The summed E-state index contributed by atoms with van der Waals surface area (Å²) < 4.78 is 15.8. The minimum atomic E-state index is -1.25. The van der Waals surface area contributed by atoms with Crippen LogP contribution in [0.5, 0.6) is 5.75 Å². The van der Waals surface area contributed by atoms with E-state index in [0.29, 0.717) is 11.1 Å². The third-order valence-electron chi connectivity index (χ3n) is 6.32. The summed E-state index contributed by atoms with van der Waals surface area (Å²) in [6.07, 6.45) is 1.48. The second-order valence-corrected chi connectivity index (χ2v) is 9.53. The SMILES string of the molecule is CCOC(=O)C(NC(=N)c1ccc(OC(=O)c2ccc(C=C(C)C(=O)O)cc2)cc1)C(C)=C(N)C(=O)OCc1ccccc1. The van der Waals surface area contributed by atoms with Gasteiger partial charge in [0, 0.05) is 11.1 Å². The fraction of sp³-hybridized carbons (Fsp3) is 0.182. The number of hydrogen-bond acceptors (Lipinski definition) is 9. The molecular weight excluding hydrogens is 566 g/mol. The van der Waals surface area contributed by atoms with Gasteiger partial charge in [-0.3, -0.25) is 5.41 Å². The van der Waals surface area contributed by atoms with Crippen LogP contribution < -0.4 is 15.8 Å². The molecule has 0 heterocycles. The summed E-state index contributed by atoms with van der Waals surface area (Å²) >= 11 is 0. The normalized spacial score (nSPS) is 12.3. The van der Waals surface area contributed by atoms with Crippen LogP contribution in [0, 0.1) is 5.41 Å². The van der Waals surface area contributed by atoms with Gasteiger partial charge in [0.05, 0.1) is 12.2 Å². The first-order valence-electron chi connectivity index (χ1n) is 13.5. The van der Waals surface area contributed by atoms with E-state index < -0.39 is 29.9 Å². The van der Waals surface area contributed by atoms with Crippen molar-refractivity contribution < 1.29 is 38.5 Å². The van der Waals surface area contributed by atoms with Crippen molar-refractivity contribution in [3.63, 3.8) is 0 Å². The Balaban J connectivity index is 1.68. The number of carbonyl (C=O) groups excluding carboxylic acids is 3. The van der Waals surface area contributed by atoms with Crippen LogP contribution in [0.15, 0.2) is 95.7 Å². The van der Waals surface area contributed by atoms with Crippen molar-refractivity contribution >= 4 is 35.8 Å². The monoisotopic (exact) mass is 599 g/mol. The Morgan fingerprint density at radius 1 is 0.909 bits per heavy atom. The van der Waals surface area contributed by atoms with E-state index >= 15 is 0 Å². The van der Waals surface area contributed by atoms with E-state index in [1.54, 1.807) is 43.3 Å². The topological polar surface area (TPSA) is 178 Å². The first kappa shape index (κ1) is 32.8. The van der Waals surface area contributed by atoms with Crippen LogP contribution in [-0.4, -0.2) is 47.5 Å². The van der Waals surface area contributed by atoms with Crippen LogP contribution in [0.3, 0.4) is 0 Å². The van der Waals surface area contributed by atoms with Crippen molar-refractivity contribution in [1.82, 2.24) is 5.32 Å². The predicted octanol–water partition coefficient (Wildman–Crippen LogP) is 4.22. The highest BCUT2D eigenvalue weighted by molar-refractivity contribution is 6.00. The molecule has 3 aromatic carbocycles. The number of carboxylic acid groups (broad SMARTS) is 1. The lowest BCUT2D eigenvalue weighted by Gasteiger charge is -2.21. The fourth-order valence-corrected chi connectivity index (χ4v) is 3.80. The van der Waals surface area contributed by atoms with Crippen molar-refractivity contribution in [2.45, 2.75) is 33.4 Å². The van der Waals surface area contributed by atoms with Gasteiger partial charge in [-0.25, -0.2) is 19.2 Å². The number of hydrogen-bond donors (Lipinski definition) is 4.